The Labute approximate surface area is 205 Å². The Morgan fingerprint density at radius 3 is 2.77 bits per heavy atom. The number of halogens is 3. The van der Waals surface area contributed by atoms with Crippen LogP contribution in [-0.2, 0) is 0 Å². The molecule has 0 radical (unpaired) electrons. The molecule has 1 N–H and O–H groups in total. The minimum Gasteiger partial charge on any atom is -0.362 e. The molecule has 0 saturated carbocycles. The van der Waals surface area contributed by atoms with Gasteiger partial charge in [0.1, 0.15) is 17.3 Å². The fourth-order valence-electron chi connectivity index (χ4n) is 3.43. The molecule has 0 unspecified atom stereocenters. The van der Waals surface area contributed by atoms with Crippen LogP contribution in [0.4, 0.5) is 14.5 Å². The highest BCUT2D eigenvalue weighted by Gasteiger charge is 2.23. The highest BCUT2D eigenvalue weighted by molar-refractivity contribution is 6.30. The molecular formula is C24H23ClF2N8. The maximum absolute atomic E-state index is 13.6. The monoisotopic (exact) mass is 496 g/mol. The van der Waals surface area contributed by atoms with Gasteiger partial charge >= 0.3 is 0 Å². The maximum atomic E-state index is 13.6. The van der Waals surface area contributed by atoms with Crippen molar-refractivity contribution in [1.82, 2.24) is 19.6 Å². The van der Waals surface area contributed by atoms with Crippen LogP contribution in [0.1, 0.15) is 35.4 Å². The van der Waals surface area contributed by atoms with Gasteiger partial charge in [-0.3, -0.25) is 10.0 Å². The van der Waals surface area contributed by atoms with Crippen molar-refractivity contribution in [2.24, 2.45) is 10.1 Å². The van der Waals surface area contributed by atoms with Gasteiger partial charge in [0.25, 0.3) is 6.43 Å². The van der Waals surface area contributed by atoms with Gasteiger partial charge in [-0.05, 0) is 43.3 Å². The van der Waals surface area contributed by atoms with Crippen LogP contribution in [0.3, 0.4) is 0 Å². The van der Waals surface area contributed by atoms with Crippen molar-refractivity contribution in [2.45, 2.75) is 19.8 Å². The summed E-state index contributed by atoms with van der Waals surface area (Å²) in [6.07, 6.45) is 2.50. The Bertz CT molecular complexity index is 1430. The molecule has 11 heteroatoms. The van der Waals surface area contributed by atoms with E-state index in [-0.39, 0.29) is 11.2 Å². The number of fused-ring (bicyclic) bond motifs is 1. The maximum Gasteiger partial charge on any atom is 0.283 e. The molecule has 0 fully saturated rings. The normalized spacial score (nSPS) is 12.1. The molecule has 0 amide bonds. The predicted molar refractivity (Wildman–Crippen MR) is 133 cm³/mol. The van der Waals surface area contributed by atoms with Gasteiger partial charge in [0, 0.05) is 41.9 Å². The number of alkyl halides is 2. The zero-order valence-electron chi connectivity index (χ0n) is 19.0. The quantitative estimate of drug-likeness (QED) is 0.260. The van der Waals surface area contributed by atoms with Gasteiger partial charge in [-0.15, -0.1) is 0 Å². The van der Waals surface area contributed by atoms with E-state index in [1.807, 2.05) is 0 Å². The number of aromatic nitrogens is 3. The smallest absolute Gasteiger partial charge is 0.283 e. The lowest BCUT2D eigenvalue weighted by Gasteiger charge is -2.11. The summed E-state index contributed by atoms with van der Waals surface area (Å²) < 4.78 is 28.5. The van der Waals surface area contributed by atoms with E-state index in [0.717, 1.165) is 5.56 Å². The van der Waals surface area contributed by atoms with Crippen molar-refractivity contribution < 1.29 is 8.78 Å². The van der Waals surface area contributed by atoms with E-state index in [1.165, 1.54) is 16.9 Å². The minimum absolute atomic E-state index is 0.0252. The Hall–Kier alpha value is -4.10. The van der Waals surface area contributed by atoms with E-state index in [4.69, 9.17) is 11.6 Å². The molecule has 0 aliphatic rings. The van der Waals surface area contributed by atoms with E-state index in [1.54, 1.807) is 42.3 Å². The molecule has 3 aromatic rings. The number of nitriles is 1. The Balaban J connectivity index is 2.30. The zero-order chi connectivity index (χ0) is 25.5. The highest BCUT2D eigenvalue weighted by atomic mass is 35.5. The lowest BCUT2D eigenvalue weighted by Crippen LogP contribution is -2.37. The van der Waals surface area contributed by atoms with Gasteiger partial charge in [0.05, 0.1) is 5.69 Å². The standard InChI is InChI=1S/C24H23ClF2N8/c1-5-30-20-13-17(25)9-8-16(20)12-18-15(3)32-24-19(14-28)21(22(26)27)33-35(24)23(18)31-10-7-11-34(6-2)29-4/h5-6,8-9,12-13,22,30H,1-2,4,7,10-11H2,3H3/b18-12+,31-23?. The van der Waals surface area contributed by atoms with Crippen molar-refractivity contribution in [1.29, 1.82) is 5.26 Å². The number of anilines is 1. The summed E-state index contributed by atoms with van der Waals surface area (Å²) in [5, 5.41) is 23.0. The minimum atomic E-state index is -2.94. The van der Waals surface area contributed by atoms with Crippen LogP contribution in [-0.4, -0.2) is 39.4 Å². The van der Waals surface area contributed by atoms with Crippen LogP contribution in [0.25, 0.3) is 11.7 Å². The number of aryl methyl sites for hydroxylation is 1. The summed E-state index contributed by atoms with van der Waals surface area (Å²) in [6.45, 7) is 13.4. The van der Waals surface area contributed by atoms with Crippen LogP contribution >= 0.6 is 11.6 Å². The fraction of sp³-hybridized carbons (Fsp3) is 0.208. The average molecular weight is 497 g/mol. The third kappa shape index (κ3) is 5.53. The Morgan fingerprint density at radius 2 is 2.14 bits per heavy atom. The van der Waals surface area contributed by atoms with E-state index in [0.29, 0.717) is 46.6 Å². The van der Waals surface area contributed by atoms with Crippen molar-refractivity contribution in [2.75, 3.05) is 18.4 Å². The van der Waals surface area contributed by atoms with Gasteiger partial charge in [-0.1, -0.05) is 30.8 Å². The van der Waals surface area contributed by atoms with Gasteiger partial charge in [-0.2, -0.15) is 20.0 Å². The van der Waals surface area contributed by atoms with Crippen LogP contribution in [0, 0.1) is 18.3 Å². The molecule has 2 aromatic heterocycles. The first-order valence-corrected chi connectivity index (χ1v) is 10.9. The largest absolute Gasteiger partial charge is 0.362 e. The summed E-state index contributed by atoms with van der Waals surface area (Å²) in [5.74, 6) is 0. The number of nitrogens with one attached hydrogen (secondary N) is 1. The second-order valence-corrected chi connectivity index (χ2v) is 7.73. The number of hydrogen-bond acceptors (Lipinski definition) is 7. The molecule has 2 heterocycles. The lowest BCUT2D eigenvalue weighted by atomic mass is 10.1. The Kier molecular flexibility index (Phi) is 8.28. The summed E-state index contributed by atoms with van der Waals surface area (Å²) in [4.78, 5) is 9.08. The number of hydrogen-bond donors (Lipinski definition) is 1. The lowest BCUT2D eigenvalue weighted by molar-refractivity contribution is 0.145. The van der Waals surface area contributed by atoms with Gasteiger partial charge < -0.3 is 5.32 Å². The molecule has 180 valence electrons. The molecule has 0 atom stereocenters. The van der Waals surface area contributed by atoms with Crippen molar-refractivity contribution in [3.05, 3.63) is 82.0 Å². The summed E-state index contributed by atoms with van der Waals surface area (Å²) in [5.41, 5.74) is 1.33. The number of benzene rings is 1. The van der Waals surface area contributed by atoms with E-state index < -0.39 is 12.1 Å². The van der Waals surface area contributed by atoms with Crippen molar-refractivity contribution in [3.8, 4) is 6.07 Å². The van der Waals surface area contributed by atoms with E-state index in [2.05, 4.69) is 45.4 Å². The molecular weight excluding hydrogens is 474 g/mol. The second kappa shape index (κ2) is 11.4. The van der Waals surface area contributed by atoms with Gasteiger partial charge in [0.15, 0.2) is 11.1 Å². The van der Waals surface area contributed by atoms with Crippen LogP contribution in [0.15, 0.2) is 53.9 Å². The van der Waals surface area contributed by atoms with E-state index >= 15 is 0 Å². The third-order valence-electron chi connectivity index (χ3n) is 5.08. The van der Waals surface area contributed by atoms with Crippen LogP contribution in [0.5, 0.6) is 0 Å². The summed E-state index contributed by atoms with van der Waals surface area (Å²) in [7, 11) is 0. The Morgan fingerprint density at radius 1 is 1.37 bits per heavy atom. The number of nitrogens with zero attached hydrogens (tertiary/aromatic N) is 7. The SMILES string of the molecule is C=CNc1cc(Cl)ccc1/C=c1\c(C)nc2c(C#N)c(C(F)F)nn2c1=NCCCN(C=C)N=C. The molecule has 1 aromatic carbocycles. The van der Waals surface area contributed by atoms with Gasteiger partial charge in [0.2, 0.25) is 0 Å². The first-order chi connectivity index (χ1) is 16.8. The van der Waals surface area contributed by atoms with E-state index in [9.17, 15) is 14.0 Å². The second-order valence-electron chi connectivity index (χ2n) is 7.29. The third-order valence-corrected chi connectivity index (χ3v) is 5.32. The number of hydrazone groups is 1. The molecule has 0 bridgehead atoms. The highest BCUT2D eigenvalue weighted by Crippen LogP contribution is 2.23. The first-order valence-electron chi connectivity index (χ1n) is 10.5. The van der Waals surface area contributed by atoms with Crippen molar-refractivity contribution >= 4 is 35.7 Å². The molecule has 0 aliphatic heterocycles. The summed E-state index contributed by atoms with van der Waals surface area (Å²) in [6, 6.07) is 7.06. The summed E-state index contributed by atoms with van der Waals surface area (Å²) >= 11 is 6.14. The van der Waals surface area contributed by atoms with Crippen molar-refractivity contribution in [3.63, 3.8) is 0 Å². The van der Waals surface area contributed by atoms with Crippen LogP contribution < -0.4 is 16.0 Å². The molecule has 35 heavy (non-hydrogen) atoms. The molecule has 8 nitrogen and oxygen atoms in total. The first kappa shape index (κ1) is 25.5. The van der Waals surface area contributed by atoms with Gasteiger partial charge in [-0.25, -0.2) is 13.8 Å². The topological polar surface area (TPSA) is 94.0 Å². The average Bonchev–Trinajstić information content (AvgIpc) is 3.20. The molecule has 3 rings (SSSR count). The fourth-order valence-corrected chi connectivity index (χ4v) is 3.61. The zero-order valence-corrected chi connectivity index (χ0v) is 19.8. The number of rotatable bonds is 10. The molecule has 0 aliphatic carbocycles. The predicted octanol–water partition coefficient (Wildman–Crippen LogP) is 3.96. The molecule has 0 saturated heterocycles. The van der Waals surface area contributed by atoms with Crippen LogP contribution in [0.2, 0.25) is 5.02 Å². The molecule has 0 spiro atoms.